The summed E-state index contributed by atoms with van der Waals surface area (Å²) in [5, 5.41) is 2.89. The number of aryl methyl sites for hydroxylation is 1. The molecule has 3 aromatic rings. The molecule has 0 saturated carbocycles. The van der Waals surface area contributed by atoms with E-state index in [0.29, 0.717) is 36.1 Å². The van der Waals surface area contributed by atoms with Crippen molar-refractivity contribution in [2.24, 2.45) is 5.92 Å². The van der Waals surface area contributed by atoms with Crippen LogP contribution >= 0.6 is 0 Å². The van der Waals surface area contributed by atoms with E-state index >= 15 is 0 Å². The molecule has 0 spiro atoms. The van der Waals surface area contributed by atoms with Gasteiger partial charge in [0.15, 0.2) is 17.4 Å². The van der Waals surface area contributed by atoms with E-state index in [1.807, 2.05) is 31.2 Å². The van der Waals surface area contributed by atoms with E-state index in [-0.39, 0.29) is 23.9 Å². The minimum atomic E-state index is -3.98. The van der Waals surface area contributed by atoms with Crippen molar-refractivity contribution in [3.8, 4) is 11.5 Å². The Labute approximate surface area is 197 Å². The molecule has 1 fully saturated rings. The molecular weight excluding hydrogens is 462 g/mol. The van der Waals surface area contributed by atoms with Crippen molar-refractivity contribution in [2.45, 2.75) is 24.7 Å². The molecule has 0 atom stereocenters. The van der Waals surface area contributed by atoms with Gasteiger partial charge in [-0.15, -0.1) is 0 Å². The van der Waals surface area contributed by atoms with Crippen LogP contribution in [0.2, 0.25) is 0 Å². The van der Waals surface area contributed by atoms with E-state index in [0.717, 1.165) is 17.7 Å². The third kappa shape index (κ3) is 5.26. The number of nitrogens with zero attached hydrogens (tertiary/aromatic N) is 1. The van der Waals surface area contributed by atoms with Gasteiger partial charge in [-0.3, -0.25) is 4.79 Å². The number of piperidine rings is 1. The Morgan fingerprint density at radius 1 is 0.971 bits per heavy atom. The lowest BCUT2D eigenvalue weighted by Gasteiger charge is -2.30. The predicted octanol–water partition coefficient (Wildman–Crippen LogP) is 5.10. The summed E-state index contributed by atoms with van der Waals surface area (Å²) >= 11 is 0. The van der Waals surface area contributed by atoms with Gasteiger partial charge in [-0.25, -0.2) is 17.2 Å². The molecule has 178 valence electrons. The van der Waals surface area contributed by atoms with E-state index in [2.05, 4.69) is 5.32 Å². The molecule has 0 aliphatic carbocycles. The maximum atomic E-state index is 13.5. The number of anilines is 1. The van der Waals surface area contributed by atoms with Crippen LogP contribution in [0.15, 0.2) is 71.6 Å². The molecule has 9 heteroatoms. The Morgan fingerprint density at radius 3 is 2.32 bits per heavy atom. The zero-order valence-corrected chi connectivity index (χ0v) is 19.3. The van der Waals surface area contributed by atoms with Crippen LogP contribution in [0.25, 0.3) is 0 Å². The van der Waals surface area contributed by atoms with Gasteiger partial charge in [-0.05, 0) is 62.2 Å². The molecule has 1 heterocycles. The number of para-hydroxylation sites is 2. The Morgan fingerprint density at radius 2 is 1.65 bits per heavy atom. The molecule has 4 rings (SSSR count). The van der Waals surface area contributed by atoms with Crippen LogP contribution in [-0.4, -0.2) is 31.7 Å². The summed E-state index contributed by atoms with van der Waals surface area (Å²) in [5.41, 5.74) is 1.62. The second-order valence-electron chi connectivity index (χ2n) is 8.15. The van der Waals surface area contributed by atoms with Crippen molar-refractivity contribution < 1.29 is 26.7 Å². The first-order valence-corrected chi connectivity index (χ1v) is 12.3. The Bertz CT molecular complexity index is 1290. The summed E-state index contributed by atoms with van der Waals surface area (Å²) in [7, 11) is -3.98. The predicted molar refractivity (Wildman–Crippen MR) is 124 cm³/mol. The zero-order valence-electron chi connectivity index (χ0n) is 18.5. The summed E-state index contributed by atoms with van der Waals surface area (Å²) in [6, 6.07) is 17.1. The summed E-state index contributed by atoms with van der Waals surface area (Å²) in [5.74, 6) is -1.82. The van der Waals surface area contributed by atoms with Crippen LogP contribution < -0.4 is 10.1 Å². The van der Waals surface area contributed by atoms with Crippen LogP contribution in [-0.2, 0) is 14.8 Å². The van der Waals surface area contributed by atoms with Crippen molar-refractivity contribution in [3.63, 3.8) is 0 Å². The number of sulfonamides is 1. The Balaban J connectivity index is 1.40. The number of carbonyl (C=O) groups is 1. The smallest absolute Gasteiger partial charge is 0.243 e. The van der Waals surface area contributed by atoms with E-state index < -0.39 is 27.6 Å². The molecule has 1 aliphatic heterocycles. The first kappa shape index (κ1) is 23.8. The van der Waals surface area contributed by atoms with Gasteiger partial charge in [0.05, 0.1) is 10.6 Å². The fraction of sp³-hybridized carbons (Fsp3) is 0.240. The molecule has 34 heavy (non-hydrogen) atoms. The minimum absolute atomic E-state index is 0.0981. The van der Waals surface area contributed by atoms with Crippen molar-refractivity contribution in [1.82, 2.24) is 4.31 Å². The highest BCUT2D eigenvalue weighted by Gasteiger charge is 2.32. The van der Waals surface area contributed by atoms with Crippen molar-refractivity contribution in [2.75, 3.05) is 18.4 Å². The maximum absolute atomic E-state index is 13.5. The number of hydrogen-bond donors (Lipinski definition) is 1. The number of hydrogen-bond acceptors (Lipinski definition) is 4. The first-order valence-electron chi connectivity index (χ1n) is 10.8. The van der Waals surface area contributed by atoms with Crippen LogP contribution in [0, 0.1) is 24.5 Å². The van der Waals surface area contributed by atoms with Crippen molar-refractivity contribution >= 4 is 21.6 Å². The summed E-state index contributed by atoms with van der Waals surface area (Å²) < 4.78 is 59.4. The van der Waals surface area contributed by atoms with Gasteiger partial charge in [0.2, 0.25) is 15.9 Å². The Kier molecular flexibility index (Phi) is 6.95. The van der Waals surface area contributed by atoms with Gasteiger partial charge >= 0.3 is 0 Å². The SMILES string of the molecule is Cc1ccc(Oc2ccccc2NC(=O)C2CCN(S(=O)(=O)c3ccc(F)c(F)c3)CC2)cc1. The lowest BCUT2D eigenvalue weighted by Crippen LogP contribution is -2.41. The largest absolute Gasteiger partial charge is 0.455 e. The fourth-order valence-electron chi connectivity index (χ4n) is 3.77. The lowest BCUT2D eigenvalue weighted by molar-refractivity contribution is -0.120. The highest BCUT2D eigenvalue weighted by atomic mass is 32.2. The summed E-state index contributed by atoms with van der Waals surface area (Å²) in [6.07, 6.45) is 0.603. The molecule has 3 aromatic carbocycles. The van der Waals surface area contributed by atoms with E-state index in [1.54, 1.807) is 24.3 Å². The summed E-state index contributed by atoms with van der Waals surface area (Å²) in [4.78, 5) is 12.6. The average molecular weight is 487 g/mol. The second-order valence-corrected chi connectivity index (χ2v) is 10.1. The van der Waals surface area contributed by atoms with Crippen LogP contribution in [0.1, 0.15) is 18.4 Å². The molecule has 1 amide bonds. The van der Waals surface area contributed by atoms with Crippen molar-refractivity contribution in [1.29, 1.82) is 0 Å². The number of rotatable bonds is 6. The van der Waals surface area contributed by atoms with Gasteiger partial charge in [0.1, 0.15) is 5.75 Å². The first-order chi connectivity index (χ1) is 16.2. The molecular formula is C25H24F2N2O4S. The number of halogens is 2. The van der Waals surface area contributed by atoms with Crippen molar-refractivity contribution in [3.05, 3.63) is 83.9 Å². The number of amides is 1. The van der Waals surface area contributed by atoms with E-state index in [9.17, 15) is 22.0 Å². The quantitative estimate of drug-likeness (QED) is 0.526. The summed E-state index contributed by atoms with van der Waals surface area (Å²) in [6.45, 7) is 2.17. The minimum Gasteiger partial charge on any atom is -0.455 e. The number of ether oxygens (including phenoxy) is 1. The standard InChI is InChI=1S/C25H24F2N2O4S/c1-17-6-8-19(9-7-17)33-24-5-3-2-4-23(24)28-25(30)18-12-14-29(15-13-18)34(31,32)20-10-11-21(26)22(27)16-20/h2-11,16,18H,12-15H2,1H3,(H,28,30). The van der Waals surface area contributed by atoms with Crippen LogP contribution in [0.4, 0.5) is 14.5 Å². The van der Waals surface area contributed by atoms with Gasteiger partial charge in [-0.1, -0.05) is 29.8 Å². The highest BCUT2D eigenvalue weighted by Crippen LogP contribution is 2.31. The molecule has 0 radical (unpaired) electrons. The normalized spacial score (nSPS) is 15.1. The molecule has 0 bridgehead atoms. The van der Waals surface area contributed by atoms with Gasteiger partial charge in [0, 0.05) is 19.0 Å². The molecule has 1 saturated heterocycles. The topological polar surface area (TPSA) is 75.7 Å². The van der Waals surface area contributed by atoms with Crippen LogP contribution in [0.5, 0.6) is 11.5 Å². The number of nitrogens with one attached hydrogen (secondary N) is 1. The highest BCUT2D eigenvalue weighted by molar-refractivity contribution is 7.89. The fourth-order valence-corrected chi connectivity index (χ4v) is 5.25. The van der Waals surface area contributed by atoms with E-state index in [1.165, 1.54) is 4.31 Å². The molecule has 1 aliphatic rings. The Hall–Kier alpha value is -3.30. The van der Waals surface area contributed by atoms with Gasteiger partial charge in [-0.2, -0.15) is 4.31 Å². The van der Waals surface area contributed by atoms with E-state index in [4.69, 9.17) is 4.74 Å². The third-order valence-electron chi connectivity index (χ3n) is 5.75. The van der Waals surface area contributed by atoms with Gasteiger partial charge in [0.25, 0.3) is 0 Å². The van der Waals surface area contributed by atoms with Crippen LogP contribution in [0.3, 0.4) is 0 Å². The molecule has 0 unspecified atom stereocenters. The van der Waals surface area contributed by atoms with Gasteiger partial charge < -0.3 is 10.1 Å². The molecule has 6 nitrogen and oxygen atoms in total. The molecule has 0 aromatic heterocycles. The zero-order chi connectivity index (χ0) is 24.3. The monoisotopic (exact) mass is 486 g/mol. The second kappa shape index (κ2) is 9.90. The lowest BCUT2D eigenvalue weighted by atomic mass is 9.97. The average Bonchev–Trinajstić information content (AvgIpc) is 2.83. The maximum Gasteiger partial charge on any atom is 0.243 e. The number of benzene rings is 3. The number of carbonyl (C=O) groups excluding carboxylic acids is 1. The molecule has 1 N–H and O–H groups in total. The third-order valence-corrected chi connectivity index (χ3v) is 7.64.